The van der Waals surface area contributed by atoms with Gasteiger partial charge >= 0.3 is 0 Å². The van der Waals surface area contributed by atoms with Crippen molar-refractivity contribution < 1.29 is 9.84 Å². The molecule has 1 rings (SSSR count). The number of nitrogens with one attached hydrogen (secondary N) is 2. The van der Waals surface area contributed by atoms with E-state index in [1.165, 1.54) is 0 Å². The van der Waals surface area contributed by atoms with Crippen LogP contribution < -0.4 is 15.4 Å². The SMILES string of the molecule is CCOc1ccc(Cl)cc1CNCCCNCCO.Cl.Cl. The van der Waals surface area contributed by atoms with Crippen LogP contribution >= 0.6 is 36.4 Å². The lowest BCUT2D eigenvalue weighted by atomic mass is 10.2. The molecule has 0 fully saturated rings. The van der Waals surface area contributed by atoms with Crippen LogP contribution in [0, 0.1) is 0 Å². The fraction of sp³-hybridized carbons (Fsp3) is 0.571. The maximum Gasteiger partial charge on any atom is 0.123 e. The van der Waals surface area contributed by atoms with Crippen LogP contribution in [0.3, 0.4) is 0 Å². The number of benzene rings is 1. The van der Waals surface area contributed by atoms with Crippen LogP contribution in [0.25, 0.3) is 0 Å². The summed E-state index contributed by atoms with van der Waals surface area (Å²) >= 11 is 6.00. The quantitative estimate of drug-likeness (QED) is 0.562. The molecular formula is C14H25Cl3N2O2. The Morgan fingerprint density at radius 2 is 1.86 bits per heavy atom. The first-order valence-corrected chi connectivity index (χ1v) is 7.09. The monoisotopic (exact) mass is 358 g/mol. The van der Waals surface area contributed by atoms with Gasteiger partial charge in [0.1, 0.15) is 5.75 Å². The van der Waals surface area contributed by atoms with Crippen LogP contribution in [0.4, 0.5) is 0 Å². The summed E-state index contributed by atoms with van der Waals surface area (Å²) in [5, 5.41) is 15.8. The van der Waals surface area contributed by atoms with Crippen molar-refractivity contribution in [2.45, 2.75) is 19.9 Å². The fourth-order valence-electron chi connectivity index (χ4n) is 1.75. The van der Waals surface area contributed by atoms with Crippen molar-refractivity contribution in [3.63, 3.8) is 0 Å². The van der Waals surface area contributed by atoms with E-state index in [9.17, 15) is 0 Å². The van der Waals surface area contributed by atoms with E-state index in [0.717, 1.165) is 42.4 Å². The topological polar surface area (TPSA) is 53.5 Å². The van der Waals surface area contributed by atoms with Crippen LogP contribution in [0.15, 0.2) is 18.2 Å². The average Bonchev–Trinajstić information content (AvgIpc) is 2.41. The number of aliphatic hydroxyl groups excluding tert-OH is 1. The molecule has 0 aliphatic heterocycles. The van der Waals surface area contributed by atoms with Gasteiger partial charge in [0.25, 0.3) is 0 Å². The molecule has 0 amide bonds. The number of hydrogen-bond acceptors (Lipinski definition) is 4. The Hall–Kier alpha value is -0.230. The third-order valence-corrected chi connectivity index (χ3v) is 2.87. The predicted molar refractivity (Wildman–Crippen MR) is 93.4 cm³/mol. The van der Waals surface area contributed by atoms with Crippen LogP contribution in [0.5, 0.6) is 5.75 Å². The Bertz CT molecular complexity index is 368. The first kappa shape index (κ1) is 23.0. The second-order valence-corrected chi connectivity index (χ2v) is 4.63. The molecule has 0 heterocycles. The lowest BCUT2D eigenvalue weighted by molar-refractivity contribution is 0.292. The fourth-order valence-corrected chi connectivity index (χ4v) is 1.94. The van der Waals surface area contributed by atoms with E-state index in [4.69, 9.17) is 21.4 Å². The molecule has 0 bridgehead atoms. The molecular weight excluding hydrogens is 335 g/mol. The molecule has 0 aromatic heterocycles. The molecule has 0 spiro atoms. The van der Waals surface area contributed by atoms with Gasteiger partial charge in [-0.3, -0.25) is 0 Å². The maximum absolute atomic E-state index is 8.62. The number of hydrogen-bond donors (Lipinski definition) is 3. The van der Waals surface area contributed by atoms with Gasteiger partial charge in [-0.2, -0.15) is 0 Å². The van der Waals surface area contributed by atoms with E-state index < -0.39 is 0 Å². The van der Waals surface area contributed by atoms with Gasteiger partial charge in [0, 0.05) is 23.7 Å². The molecule has 1 aromatic rings. The molecule has 7 heteroatoms. The first-order valence-electron chi connectivity index (χ1n) is 6.71. The van der Waals surface area contributed by atoms with Crippen LogP contribution in [-0.2, 0) is 6.54 Å². The minimum atomic E-state index is 0. The molecule has 21 heavy (non-hydrogen) atoms. The lowest BCUT2D eigenvalue weighted by Gasteiger charge is -2.11. The van der Waals surface area contributed by atoms with Crippen LogP contribution in [0.1, 0.15) is 18.9 Å². The second-order valence-electron chi connectivity index (χ2n) is 4.19. The van der Waals surface area contributed by atoms with Crippen LogP contribution in [-0.4, -0.2) is 38.0 Å². The summed E-state index contributed by atoms with van der Waals surface area (Å²) in [7, 11) is 0. The van der Waals surface area contributed by atoms with E-state index in [-0.39, 0.29) is 31.4 Å². The molecule has 0 saturated carbocycles. The highest BCUT2D eigenvalue weighted by Crippen LogP contribution is 2.22. The van der Waals surface area contributed by atoms with Gasteiger partial charge in [-0.25, -0.2) is 0 Å². The zero-order valence-corrected chi connectivity index (χ0v) is 14.6. The van der Waals surface area contributed by atoms with E-state index in [1.54, 1.807) is 0 Å². The van der Waals surface area contributed by atoms with Gasteiger partial charge < -0.3 is 20.5 Å². The number of halogens is 3. The average molecular weight is 360 g/mol. The molecule has 1 aromatic carbocycles. The van der Waals surface area contributed by atoms with Gasteiger partial charge in [-0.05, 0) is 44.6 Å². The summed E-state index contributed by atoms with van der Waals surface area (Å²) in [4.78, 5) is 0. The summed E-state index contributed by atoms with van der Waals surface area (Å²) in [6.45, 7) is 6.03. The van der Waals surface area contributed by atoms with Crippen molar-refractivity contribution in [3.8, 4) is 5.75 Å². The first-order chi connectivity index (χ1) is 9.27. The van der Waals surface area contributed by atoms with Crippen LogP contribution in [0.2, 0.25) is 5.02 Å². The van der Waals surface area contributed by atoms with Gasteiger partial charge in [-0.1, -0.05) is 11.6 Å². The van der Waals surface area contributed by atoms with Gasteiger partial charge in [0.15, 0.2) is 0 Å². The summed E-state index contributed by atoms with van der Waals surface area (Å²) < 4.78 is 5.56. The van der Waals surface area contributed by atoms with Crippen molar-refractivity contribution in [1.29, 1.82) is 0 Å². The van der Waals surface area contributed by atoms with Crippen molar-refractivity contribution in [2.24, 2.45) is 0 Å². The normalized spacial score (nSPS) is 9.67. The number of rotatable bonds is 10. The van der Waals surface area contributed by atoms with E-state index in [0.29, 0.717) is 13.2 Å². The largest absolute Gasteiger partial charge is 0.494 e. The van der Waals surface area contributed by atoms with Gasteiger partial charge in [0.2, 0.25) is 0 Å². The zero-order valence-electron chi connectivity index (χ0n) is 12.2. The Balaban J connectivity index is 0. The van der Waals surface area contributed by atoms with Crippen molar-refractivity contribution >= 4 is 36.4 Å². The van der Waals surface area contributed by atoms with Gasteiger partial charge in [0.05, 0.1) is 13.2 Å². The zero-order chi connectivity index (χ0) is 13.9. The van der Waals surface area contributed by atoms with E-state index >= 15 is 0 Å². The molecule has 0 aliphatic carbocycles. The summed E-state index contributed by atoms with van der Waals surface area (Å²) in [5.41, 5.74) is 1.08. The van der Waals surface area contributed by atoms with Crippen molar-refractivity contribution in [2.75, 3.05) is 32.8 Å². The molecule has 0 aliphatic rings. The smallest absolute Gasteiger partial charge is 0.123 e. The summed E-state index contributed by atoms with van der Waals surface area (Å²) in [6.07, 6.45) is 1.02. The van der Waals surface area contributed by atoms with Crippen molar-refractivity contribution in [1.82, 2.24) is 10.6 Å². The Labute approximate surface area is 144 Å². The maximum atomic E-state index is 8.62. The van der Waals surface area contributed by atoms with Gasteiger partial charge in [-0.15, -0.1) is 24.8 Å². The molecule has 3 N–H and O–H groups in total. The highest BCUT2D eigenvalue weighted by molar-refractivity contribution is 6.30. The standard InChI is InChI=1S/C14H23ClN2O2.2ClH/c1-2-19-14-5-4-13(15)10-12(14)11-17-7-3-6-16-8-9-18;;/h4-5,10,16-18H,2-3,6-9,11H2,1H3;2*1H. The van der Waals surface area contributed by atoms with Crippen molar-refractivity contribution in [3.05, 3.63) is 28.8 Å². The minimum absolute atomic E-state index is 0. The predicted octanol–water partition coefficient (Wildman–Crippen LogP) is 2.64. The molecule has 0 radical (unpaired) electrons. The minimum Gasteiger partial charge on any atom is -0.494 e. The van der Waals surface area contributed by atoms with E-state index in [1.807, 2.05) is 25.1 Å². The molecule has 4 nitrogen and oxygen atoms in total. The number of aliphatic hydroxyl groups is 1. The Morgan fingerprint density at radius 1 is 1.14 bits per heavy atom. The Kier molecular flexibility index (Phi) is 16.1. The third-order valence-electron chi connectivity index (χ3n) is 2.63. The highest BCUT2D eigenvalue weighted by Gasteiger charge is 2.03. The molecule has 0 atom stereocenters. The molecule has 124 valence electrons. The highest BCUT2D eigenvalue weighted by atomic mass is 35.5. The lowest BCUT2D eigenvalue weighted by Crippen LogP contribution is -2.24. The second kappa shape index (κ2) is 14.7. The summed E-state index contributed by atoms with van der Waals surface area (Å²) in [6, 6.07) is 5.68. The molecule has 0 saturated heterocycles. The third kappa shape index (κ3) is 10.2. The Morgan fingerprint density at radius 3 is 2.52 bits per heavy atom. The molecule has 0 unspecified atom stereocenters. The summed E-state index contributed by atoms with van der Waals surface area (Å²) in [5.74, 6) is 0.887. The number of ether oxygens (including phenoxy) is 1. The van der Waals surface area contributed by atoms with E-state index in [2.05, 4.69) is 10.6 Å².